The lowest BCUT2D eigenvalue weighted by Gasteiger charge is -2.31. The summed E-state index contributed by atoms with van der Waals surface area (Å²) in [6, 6.07) is 0. The molecule has 2 unspecified atom stereocenters. The van der Waals surface area contributed by atoms with Gasteiger partial charge < -0.3 is 20.7 Å². The molecule has 0 aliphatic heterocycles. The molecule has 0 spiro atoms. The van der Waals surface area contributed by atoms with Crippen molar-refractivity contribution in [1.82, 2.24) is 0 Å². The average Bonchev–Trinajstić information content (AvgIpc) is 2.18. The fourth-order valence-corrected chi connectivity index (χ4v) is 1.37. The lowest BCUT2D eigenvalue weighted by atomic mass is 10.1. The van der Waals surface area contributed by atoms with Crippen LogP contribution in [0.15, 0.2) is 0 Å². The Bertz CT molecular complexity index is 153. The van der Waals surface area contributed by atoms with E-state index in [1.165, 1.54) is 12.8 Å². The van der Waals surface area contributed by atoms with Gasteiger partial charge in [0.15, 0.2) is 0 Å². The van der Waals surface area contributed by atoms with Crippen molar-refractivity contribution in [3.8, 4) is 0 Å². The van der Waals surface area contributed by atoms with E-state index in [4.69, 9.17) is 15.6 Å². The minimum Gasteiger partial charge on any atom is -0.396 e. The topological polar surface area (TPSA) is 75.7 Å². The maximum Gasteiger partial charge on any atom is 0.144 e. The zero-order valence-corrected chi connectivity index (χ0v) is 9.91. The largest absolute Gasteiger partial charge is 0.396 e. The number of ether oxygens (including phenoxy) is 1. The van der Waals surface area contributed by atoms with Crippen LogP contribution in [0.4, 0.5) is 0 Å². The Hall–Kier alpha value is -0.160. The molecule has 0 bridgehead atoms. The van der Waals surface area contributed by atoms with Crippen LogP contribution in [0, 0.1) is 0 Å². The monoisotopic (exact) mass is 219 g/mol. The first-order valence-electron chi connectivity index (χ1n) is 5.78. The maximum atomic E-state index is 9.44. The van der Waals surface area contributed by atoms with Gasteiger partial charge in [-0.3, -0.25) is 0 Å². The van der Waals surface area contributed by atoms with Crippen molar-refractivity contribution in [2.45, 2.75) is 57.8 Å². The molecule has 0 aliphatic carbocycles. The summed E-state index contributed by atoms with van der Waals surface area (Å²) in [6.07, 6.45) is 3.93. The third-order valence-electron chi connectivity index (χ3n) is 2.58. The van der Waals surface area contributed by atoms with Gasteiger partial charge in [-0.25, -0.2) is 0 Å². The van der Waals surface area contributed by atoms with E-state index in [1.807, 2.05) is 0 Å². The Morgan fingerprint density at radius 2 is 2.00 bits per heavy atom. The molecule has 0 aromatic heterocycles. The van der Waals surface area contributed by atoms with E-state index in [0.29, 0.717) is 6.61 Å². The third-order valence-corrected chi connectivity index (χ3v) is 2.58. The zero-order valence-electron chi connectivity index (χ0n) is 9.91. The molecule has 0 rings (SSSR count). The second kappa shape index (κ2) is 8.05. The summed E-state index contributed by atoms with van der Waals surface area (Å²) in [5.74, 6) is 0. The number of hydrogen-bond donors (Lipinski definition) is 3. The highest BCUT2D eigenvalue weighted by molar-refractivity contribution is 4.79. The minimum atomic E-state index is -1.10. The van der Waals surface area contributed by atoms with Crippen LogP contribution in [0.1, 0.15) is 46.0 Å². The molecule has 2 atom stereocenters. The average molecular weight is 219 g/mol. The van der Waals surface area contributed by atoms with Crippen LogP contribution in [0.25, 0.3) is 0 Å². The number of unbranched alkanes of at least 4 members (excludes halogenated alkanes) is 3. The van der Waals surface area contributed by atoms with Crippen LogP contribution in [0.2, 0.25) is 0 Å². The summed E-state index contributed by atoms with van der Waals surface area (Å²) in [5.41, 5.74) is 4.74. The minimum absolute atomic E-state index is 0.0731. The Morgan fingerprint density at radius 1 is 1.33 bits per heavy atom. The SMILES string of the molecule is CCCCCCOC(N)(CCO)C(C)O. The van der Waals surface area contributed by atoms with Gasteiger partial charge in [0.2, 0.25) is 0 Å². The molecule has 0 radical (unpaired) electrons. The molecule has 0 aromatic rings. The maximum absolute atomic E-state index is 9.44. The van der Waals surface area contributed by atoms with Gasteiger partial charge in [-0.05, 0) is 13.3 Å². The Balaban J connectivity index is 3.76. The van der Waals surface area contributed by atoms with E-state index >= 15 is 0 Å². The molecule has 0 aromatic carbocycles. The van der Waals surface area contributed by atoms with Crippen molar-refractivity contribution in [1.29, 1.82) is 0 Å². The lowest BCUT2D eigenvalue weighted by molar-refractivity contribution is -0.125. The summed E-state index contributed by atoms with van der Waals surface area (Å²) >= 11 is 0. The molecule has 0 heterocycles. The fraction of sp³-hybridized carbons (Fsp3) is 1.00. The highest BCUT2D eigenvalue weighted by Crippen LogP contribution is 2.15. The Kier molecular flexibility index (Phi) is 7.96. The molecule has 15 heavy (non-hydrogen) atoms. The number of aliphatic hydroxyl groups is 2. The first kappa shape index (κ1) is 14.8. The summed E-state index contributed by atoms with van der Waals surface area (Å²) in [7, 11) is 0. The standard InChI is InChI=1S/C11H25NO3/c1-3-4-5-6-9-15-11(12,7-8-13)10(2)14/h10,13-14H,3-9,12H2,1-2H3. The van der Waals surface area contributed by atoms with Crippen molar-refractivity contribution in [2.24, 2.45) is 5.73 Å². The number of rotatable bonds is 9. The van der Waals surface area contributed by atoms with E-state index in [1.54, 1.807) is 6.92 Å². The smallest absolute Gasteiger partial charge is 0.144 e. The van der Waals surface area contributed by atoms with Crippen molar-refractivity contribution in [2.75, 3.05) is 13.2 Å². The number of hydrogen-bond acceptors (Lipinski definition) is 4. The van der Waals surface area contributed by atoms with Gasteiger partial charge >= 0.3 is 0 Å². The molecular formula is C11H25NO3. The predicted molar refractivity (Wildman–Crippen MR) is 60.4 cm³/mol. The normalized spacial score (nSPS) is 17.4. The number of nitrogens with two attached hydrogens (primary N) is 1. The van der Waals surface area contributed by atoms with E-state index < -0.39 is 11.8 Å². The van der Waals surface area contributed by atoms with Crippen molar-refractivity contribution >= 4 is 0 Å². The Morgan fingerprint density at radius 3 is 2.47 bits per heavy atom. The summed E-state index contributed by atoms with van der Waals surface area (Å²) in [6.45, 7) is 4.20. The van der Waals surface area contributed by atoms with E-state index in [2.05, 4.69) is 6.92 Å². The molecule has 0 aliphatic rings. The third kappa shape index (κ3) is 6.10. The van der Waals surface area contributed by atoms with Gasteiger partial charge in [-0.1, -0.05) is 26.2 Å². The second-order valence-electron chi connectivity index (χ2n) is 4.01. The molecular weight excluding hydrogens is 194 g/mol. The van der Waals surface area contributed by atoms with E-state index in [-0.39, 0.29) is 13.0 Å². The predicted octanol–water partition coefficient (Wildman–Crippen LogP) is 1.00. The highest BCUT2D eigenvalue weighted by Gasteiger charge is 2.30. The van der Waals surface area contributed by atoms with Crippen molar-refractivity contribution in [3.63, 3.8) is 0 Å². The highest BCUT2D eigenvalue weighted by atomic mass is 16.5. The second-order valence-corrected chi connectivity index (χ2v) is 4.01. The zero-order chi connectivity index (χ0) is 11.7. The van der Waals surface area contributed by atoms with E-state index in [9.17, 15) is 5.11 Å². The van der Waals surface area contributed by atoms with Crippen LogP contribution < -0.4 is 5.73 Å². The van der Waals surface area contributed by atoms with Gasteiger partial charge in [-0.15, -0.1) is 0 Å². The molecule has 4 nitrogen and oxygen atoms in total. The molecule has 0 fully saturated rings. The number of aliphatic hydroxyl groups excluding tert-OH is 2. The van der Waals surface area contributed by atoms with Gasteiger partial charge in [-0.2, -0.15) is 0 Å². The summed E-state index contributed by atoms with van der Waals surface area (Å²) in [5, 5.41) is 18.3. The summed E-state index contributed by atoms with van der Waals surface area (Å²) < 4.78 is 5.45. The van der Waals surface area contributed by atoms with Crippen LogP contribution in [-0.4, -0.2) is 35.3 Å². The first-order chi connectivity index (χ1) is 7.06. The van der Waals surface area contributed by atoms with Crippen molar-refractivity contribution < 1.29 is 14.9 Å². The molecule has 4 heteroatoms. The first-order valence-corrected chi connectivity index (χ1v) is 5.78. The van der Waals surface area contributed by atoms with Crippen LogP contribution >= 0.6 is 0 Å². The van der Waals surface area contributed by atoms with Gasteiger partial charge in [0, 0.05) is 19.6 Å². The van der Waals surface area contributed by atoms with Gasteiger partial charge in [0.1, 0.15) is 5.72 Å². The molecule has 0 saturated heterocycles. The molecule has 4 N–H and O–H groups in total. The van der Waals surface area contributed by atoms with Crippen molar-refractivity contribution in [3.05, 3.63) is 0 Å². The van der Waals surface area contributed by atoms with E-state index in [0.717, 1.165) is 12.8 Å². The molecule has 0 saturated carbocycles. The van der Waals surface area contributed by atoms with Gasteiger partial charge in [0.25, 0.3) is 0 Å². The molecule has 0 amide bonds. The Labute approximate surface area is 92.4 Å². The van der Waals surface area contributed by atoms with Crippen LogP contribution in [0.3, 0.4) is 0 Å². The van der Waals surface area contributed by atoms with Gasteiger partial charge in [0.05, 0.1) is 6.10 Å². The van der Waals surface area contributed by atoms with Crippen LogP contribution in [0.5, 0.6) is 0 Å². The summed E-state index contributed by atoms with van der Waals surface area (Å²) in [4.78, 5) is 0. The lowest BCUT2D eigenvalue weighted by Crippen LogP contribution is -2.52. The quantitative estimate of drug-likeness (QED) is 0.399. The molecule has 92 valence electrons. The van der Waals surface area contributed by atoms with Crippen LogP contribution in [-0.2, 0) is 4.74 Å². The fourth-order valence-electron chi connectivity index (χ4n) is 1.37.